The zero-order valence-electron chi connectivity index (χ0n) is 10.9. The standard InChI is InChI=1S/C19H13F/c20-18-11-4-3-9-16(18)17-10-5-7-14-12-13-6-1-2-8-15(13)19(14)17/h1-11H,12H2. The van der Waals surface area contributed by atoms with E-state index in [1.807, 2.05) is 30.3 Å². The lowest BCUT2D eigenvalue weighted by Crippen LogP contribution is -1.88. The first-order valence-corrected chi connectivity index (χ1v) is 6.79. The van der Waals surface area contributed by atoms with Crippen LogP contribution in [0.2, 0.25) is 0 Å². The van der Waals surface area contributed by atoms with Gasteiger partial charge < -0.3 is 0 Å². The zero-order valence-corrected chi connectivity index (χ0v) is 10.9. The average Bonchev–Trinajstić information content (AvgIpc) is 2.86. The lowest BCUT2D eigenvalue weighted by Gasteiger charge is -2.10. The predicted molar refractivity (Wildman–Crippen MR) is 80.1 cm³/mol. The molecule has 3 aromatic carbocycles. The van der Waals surface area contributed by atoms with Gasteiger partial charge in [-0.05, 0) is 40.3 Å². The Kier molecular flexibility index (Phi) is 2.46. The normalized spacial score (nSPS) is 12.1. The van der Waals surface area contributed by atoms with E-state index in [2.05, 4.69) is 24.3 Å². The average molecular weight is 260 g/mol. The van der Waals surface area contributed by atoms with Gasteiger partial charge in [-0.2, -0.15) is 0 Å². The Hall–Kier alpha value is -2.41. The molecule has 0 nitrogen and oxygen atoms in total. The second-order valence-electron chi connectivity index (χ2n) is 5.15. The number of rotatable bonds is 1. The molecule has 3 aromatic rings. The van der Waals surface area contributed by atoms with Gasteiger partial charge in [0.05, 0.1) is 0 Å². The molecule has 0 heterocycles. The Morgan fingerprint density at radius 2 is 1.25 bits per heavy atom. The molecule has 0 unspecified atom stereocenters. The molecule has 1 aliphatic rings. The Balaban J connectivity index is 2.03. The van der Waals surface area contributed by atoms with Crippen molar-refractivity contribution in [2.24, 2.45) is 0 Å². The van der Waals surface area contributed by atoms with Crippen molar-refractivity contribution >= 4 is 0 Å². The molecule has 0 aromatic heterocycles. The maximum atomic E-state index is 14.1. The highest BCUT2D eigenvalue weighted by Crippen LogP contribution is 2.43. The number of fused-ring (bicyclic) bond motifs is 3. The molecule has 0 N–H and O–H groups in total. The van der Waals surface area contributed by atoms with Crippen LogP contribution in [0.25, 0.3) is 22.3 Å². The summed E-state index contributed by atoms with van der Waals surface area (Å²) in [6, 6.07) is 21.6. The van der Waals surface area contributed by atoms with Crippen molar-refractivity contribution in [3.05, 3.63) is 83.7 Å². The quantitative estimate of drug-likeness (QED) is 0.448. The fraction of sp³-hybridized carbons (Fsp3) is 0.0526. The van der Waals surface area contributed by atoms with Crippen LogP contribution in [0.15, 0.2) is 66.7 Å². The lowest BCUT2D eigenvalue weighted by molar-refractivity contribution is 0.631. The predicted octanol–water partition coefficient (Wildman–Crippen LogP) is 5.06. The van der Waals surface area contributed by atoms with Gasteiger partial charge in [-0.3, -0.25) is 0 Å². The molecule has 0 fully saturated rings. The van der Waals surface area contributed by atoms with Gasteiger partial charge in [-0.1, -0.05) is 60.7 Å². The topological polar surface area (TPSA) is 0 Å². The summed E-state index contributed by atoms with van der Waals surface area (Å²) in [6.07, 6.45) is 0.938. The second-order valence-corrected chi connectivity index (χ2v) is 5.15. The van der Waals surface area contributed by atoms with Crippen LogP contribution in [0.5, 0.6) is 0 Å². The number of halogens is 1. The molecule has 4 rings (SSSR count). The third kappa shape index (κ3) is 1.60. The van der Waals surface area contributed by atoms with E-state index < -0.39 is 0 Å². The number of hydrogen-bond donors (Lipinski definition) is 0. The molecule has 1 aliphatic carbocycles. The van der Waals surface area contributed by atoms with Crippen molar-refractivity contribution in [2.75, 3.05) is 0 Å². The van der Waals surface area contributed by atoms with Gasteiger partial charge in [0, 0.05) is 5.56 Å². The van der Waals surface area contributed by atoms with Gasteiger partial charge in [-0.25, -0.2) is 4.39 Å². The number of hydrogen-bond acceptors (Lipinski definition) is 0. The third-order valence-electron chi connectivity index (χ3n) is 3.98. The molecule has 20 heavy (non-hydrogen) atoms. The molecule has 0 saturated heterocycles. The molecule has 96 valence electrons. The fourth-order valence-electron chi connectivity index (χ4n) is 3.09. The largest absolute Gasteiger partial charge is 0.206 e. The summed E-state index contributed by atoms with van der Waals surface area (Å²) >= 11 is 0. The minimum Gasteiger partial charge on any atom is -0.206 e. The molecule has 0 spiro atoms. The first-order valence-electron chi connectivity index (χ1n) is 6.79. The molecular weight excluding hydrogens is 247 g/mol. The lowest BCUT2D eigenvalue weighted by atomic mass is 9.94. The van der Waals surface area contributed by atoms with Gasteiger partial charge in [-0.15, -0.1) is 0 Å². The van der Waals surface area contributed by atoms with Gasteiger partial charge in [0.25, 0.3) is 0 Å². The van der Waals surface area contributed by atoms with Crippen molar-refractivity contribution in [3.8, 4) is 22.3 Å². The van der Waals surface area contributed by atoms with E-state index in [-0.39, 0.29) is 5.82 Å². The van der Waals surface area contributed by atoms with Crippen molar-refractivity contribution in [1.82, 2.24) is 0 Å². The van der Waals surface area contributed by atoms with Gasteiger partial charge in [0.15, 0.2) is 0 Å². The molecule has 0 bridgehead atoms. The first-order chi connectivity index (χ1) is 9.84. The fourth-order valence-corrected chi connectivity index (χ4v) is 3.09. The first kappa shape index (κ1) is 11.4. The van der Waals surface area contributed by atoms with Crippen LogP contribution in [0, 0.1) is 5.82 Å². The third-order valence-corrected chi connectivity index (χ3v) is 3.98. The van der Waals surface area contributed by atoms with Crippen LogP contribution in [0.3, 0.4) is 0 Å². The minimum absolute atomic E-state index is 0.162. The summed E-state index contributed by atoms with van der Waals surface area (Å²) in [5.74, 6) is -0.162. The minimum atomic E-state index is -0.162. The van der Waals surface area contributed by atoms with Crippen LogP contribution in [-0.4, -0.2) is 0 Å². The van der Waals surface area contributed by atoms with Gasteiger partial charge >= 0.3 is 0 Å². The smallest absolute Gasteiger partial charge is 0.131 e. The van der Waals surface area contributed by atoms with Crippen LogP contribution >= 0.6 is 0 Å². The number of benzene rings is 3. The Labute approximate surface area is 117 Å². The summed E-state index contributed by atoms with van der Waals surface area (Å²) < 4.78 is 14.1. The van der Waals surface area contributed by atoms with E-state index in [0.29, 0.717) is 5.56 Å². The molecule has 0 saturated carbocycles. The summed E-state index contributed by atoms with van der Waals surface area (Å²) in [5, 5.41) is 0. The summed E-state index contributed by atoms with van der Waals surface area (Å²) in [6.45, 7) is 0. The highest BCUT2D eigenvalue weighted by molar-refractivity contribution is 5.90. The molecular formula is C19H13F. The van der Waals surface area contributed by atoms with Gasteiger partial charge in [0.1, 0.15) is 5.82 Å². The van der Waals surface area contributed by atoms with E-state index in [1.165, 1.54) is 28.3 Å². The van der Waals surface area contributed by atoms with E-state index in [4.69, 9.17) is 0 Å². The Bertz CT molecular complexity index is 802. The molecule has 0 atom stereocenters. The maximum Gasteiger partial charge on any atom is 0.131 e. The van der Waals surface area contributed by atoms with Crippen LogP contribution in [-0.2, 0) is 6.42 Å². The Morgan fingerprint density at radius 1 is 0.600 bits per heavy atom. The van der Waals surface area contributed by atoms with Crippen molar-refractivity contribution in [1.29, 1.82) is 0 Å². The Morgan fingerprint density at radius 3 is 2.10 bits per heavy atom. The monoisotopic (exact) mass is 260 g/mol. The van der Waals surface area contributed by atoms with Gasteiger partial charge in [0.2, 0.25) is 0 Å². The summed E-state index contributed by atoms with van der Waals surface area (Å²) in [4.78, 5) is 0. The van der Waals surface area contributed by atoms with E-state index in [1.54, 1.807) is 6.07 Å². The van der Waals surface area contributed by atoms with Crippen molar-refractivity contribution in [3.63, 3.8) is 0 Å². The van der Waals surface area contributed by atoms with Crippen LogP contribution in [0.1, 0.15) is 11.1 Å². The van der Waals surface area contributed by atoms with Crippen molar-refractivity contribution in [2.45, 2.75) is 6.42 Å². The molecule has 0 amide bonds. The van der Waals surface area contributed by atoms with E-state index in [9.17, 15) is 4.39 Å². The highest BCUT2D eigenvalue weighted by Gasteiger charge is 2.22. The molecule has 1 heteroatoms. The van der Waals surface area contributed by atoms with E-state index in [0.717, 1.165) is 12.0 Å². The highest BCUT2D eigenvalue weighted by atomic mass is 19.1. The SMILES string of the molecule is Fc1ccccc1-c1cccc2c1-c1ccccc1C2. The molecule has 0 radical (unpaired) electrons. The maximum absolute atomic E-state index is 14.1. The van der Waals surface area contributed by atoms with E-state index >= 15 is 0 Å². The molecule has 0 aliphatic heterocycles. The zero-order chi connectivity index (χ0) is 13.5. The summed E-state index contributed by atoms with van der Waals surface area (Å²) in [7, 11) is 0. The van der Waals surface area contributed by atoms with Crippen LogP contribution in [0.4, 0.5) is 4.39 Å². The summed E-state index contributed by atoms with van der Waals surface area (Å²) in [5.41, 5.74) is 6.71. The van der Waals surface area contributed by atoms with Crippen molar-refractivity contribution < 1.29 is 4.39 Å². The second kappa shape index (κ2) is 4.31. The van der Waals surface area contributed by atoms with Crippen LogP contribution < -0.4 is 0 Å².